The lowest BCUT2D eigenvalue weighted by Crippen LogP contribution is -2.12. The average Bonchev–Trinajstić information content (AvgIpc) is 2.67. The van der Waals surface area contributed by atoms with E-state index in [1.807, 2.05) is 48.5 Å². The van der Waals surface area contributed by atoms with Crippen molar-refractivity contribution in [1.29, 1.82) is 0 Å². The first-order valence-corrected chi connectivity index (χ1v) is 8.63. The number of hydrogen-bond acceptors (Lipinski definition) is 4. The van der Waals surface area contributed by atoms with Crippen LogP contribution in [0.1, 0.15) is 12.5 Å². The fourth-order valence-corrected chi connectivity index (χ4v) is 2.65. The van der Waals surface area contributed by atoms with Gasteiger partial charge in [-0.05, 0) is 30.2 Å². The maximum atomic E-state index is 5.79. The molecule has 4 nitrogen and oxygen atoms in total. The van der Waals surface area contributed by atoms with Gasteiger partial charge in [-0.15, -0.1) is 0 Å². The lowest BCUT2D eigenvalue weighted by molar-refractivity contribution is 0.0765. The Morgan fingerprint density at radius 3 is 2.32 bits per heavy atom. The molecule has 0 fully saturated rings. The summed E-state index contributed by atoms with van der Waals surface area (Å²) in [5.41, 5.74) is 2.10. The van der Waals surface area contributed by atoms with E-state index >= 15 is 0 Å². The van der Waals surface area contributed by atoms with E-state index in [0.29, 0.717) is 26.4 Å². The van der Waals surface area contributed by atoms with Gasteiger partial charge in [-0.1, -0.05) is 43.3 Å². The minimum atomic E-state index is 0.487. The molecule has 0 unspecified atom stereocenters. The minimum Gasteiger partial charge on any atom is -0.491 e. The monoisotopic (exact) mass is 337 g/mol. The van der Waals surface area contributed by atoms with Crippen LogP contribution in [0.25, 0.3) is 10.9 Å². The van der Waals surface area contributed by atoms with Crippen LogP contribution in [0.3, 0.4) is 0 Å². The largest absolute Gasteiger partial charge is 0.491 e. The highest BCUT2D eigenvalue weighted by Crippen LogP contribution is 2.22. The Hall–Kier alpha value is -2.59. The minimum absolute atomic E-state index is 0.487. The first kappa shape index (κ1) is 17.2. The van der Waals surface area contributed by atoms with E-state index in [2.05, 4.69) is 18.0 Å². The molecule has 4 heteroatoms. The zero-order chi connectivity index (χ0) is 17.3. The zero-order valence-corrected chi connectivity index (χ0v) is 14.5. The number of hydrogen-bond donors (Lipinski definition) is 0. The van der Waals surface area contributed by atoms with Crippen LogP contribution in [0.2, 0.25) is 0 Å². The van der Waals surface area contributed by atoms with Gasteiger partial charge in [0.25, 0.3) is 0 Å². The summed E-state index contributed by atoms with van der Waals surface area (Å²) < 4.78 is 17.2. The van der Waals surface area contributed by atoms with Crippen LogP contribution in [-0.4, -0.2) is 31.4 Å². The van der Waals surface area contributed by atoms with E-state index in [-0.39, 0.29) is 0 Å². The van der Waals surface area contributed by atoms with Gasteiger partial charge in [0.1, 0.15) is 30.2 Å². The zero-order valence-electron chi connectivity index (χ0n) is 14.5. The molecule has 1 aromatic heterocycles. The fraction of sp³-hybridized carbons (Fsp3) is 0.286. The Balaban J connectivity index is 1.38. The Kier molecular flexibility index (Phi) is 6.23. The summed E-state index contributed by atoms with van der Waals surface area (Å²) in [5, 5.41) is 1.07. The number of aryl methyl sites for hydroxylation is 1. The Morgan fingerprint density at radius 2 is 1.48 bits per heavy atom. The molecule has 3 aromatic rings. The van der Waals surface area contributed by atoms with Crippen molar-refractivity contribution in [2.24, 2.45) is 0 Å². The van der Waals surface area contributed by atoms with Crippen LogP contribution < -0.4 is 9.47 Å². The summed E-state index contributed by atoms with van der Waals surface area (Å²) >= 11 is 0. The molecule has 0 N–H and O–H groups in total. The van der Waals surface area contributed by atoms with Crippen molar-refractivity contribution in [1.82, 2.24) is 4.98 Å². The van der Waals surface area contributed by atoms with Crippen molar-refractivity contribution < 1.29 is 14.2 Å². The third-order valence-electron chi connectivity index (χ3n) is 3.92. The van der Waals surface area contributed by atoms with Crippen molar-refractivity contribution >= 4 is 10.9 Å². The predicted molar refractivity (Wildman–Crippen MR) is 99.4 cm³/mol. The lowest BCUT2D eigenvalue weighted by Gasteiger charge is -2.11. The molecule has 1 heterocycles. The molecular formula is C21H23NO3. The number of ether oxygens (including phenoxy) is 3. The quantitative estimate of drug-likeness (QED) is 0.547. The van der Waals surface area contributed by atoms with Crippen molar-refractivity contribution in [3.63, 3.8) is 0 Å². The van der Waals surface area contributed by atoms with Gasteiger partial charge in [0.2, 0.25) is 0 Å². The highest BCUT2D eigenvalue weighted by Gasteiger charge is 2.03. The third kappa shape index (κ3) is 4.70. The van der Waals surface area contributed by atoms with Gasteiger partial charge in [0, 0.05) is 11.6 Å². The van der Waals surface area contributed by atoms with Crippen molar-refractivity contribution in [3.8, 4) is 11.5 Å². The number of benzene rings is 2. The summed E-state index contributed by atoms with van der Waals surface area (Å²) in [7, 11) is 0. The molecule has 0 aliphatic heterocycles. The SMILES string of the molecule is CCc1ccccc1OCCOCCOc1cccc2cccnc12. The molecule has 0 spiro atoms. The van der Waals surface area contributed by atoms with E-state index in [1.165, 1.54) is 5.56 Å². The van der Waals surface area contributed by atoms with Crippen molar-refractivity contribution in [3.05, 3.63) is 66.4 Å². The number of rotatable bonds is 9. The van der Waals surface area contributed by atoms with Gasteiger partial charge in [0.05, 0.1) is 13.2 Å². The Morgan fingerprint density at radius 1 is 0.760 bits per heavy atom. The Bertz CT molecular complexity index is 799. The van der Waals surface area contributed by atoms with Gasteiger partial charge < -0.3 is 14.2 Å². The normalized spacial score (nSPS) is 10.8. The molecule has 0 atom stereocenters. The van der Waals surface area contributed by atoms with E-state index in [1.54, 1.807) is 6.20 Å². The van der Waals surface area contributed by atoms with Gasteiger partial charge in [0.15, 0.2) is 0 Å². The highest BCUT2D eigenvalue weighted by molar-refractivity contribution is 5.84. The summed E-state index contributed by atoms with van der Waals surface area (Å²) in [5.74, 6) is 1.72. The second-order valence-corrected chi connectivity index (χ2v) is 5.60. The number of para-hydroxylation sites is 2. The first-order chi connectivity index (χ1) is 12.4. The molecule has 0 radical (unpaired) electrons. The highest BCUT2D eigenvalue weighted by atomic mass is 16.5. The molecule has 0 bridgehead atoms. The summed E-state index contributed by atoms with van der Waals surface area (Å²) in [6, 6.07) is 18.0. The third-order valence-corrected chi connectivity index (χ3v) is 3.92. The summed E-state index contributed by atoms with van der Waals surface area (Å²) in [4.78, 5) is 4.37. The molecule has 0 saturated heterocycles. The summed E-state index contributed by atoms with van der Waals surface area (Å²) in [6.07, 6.45) is 2.74. The molecule has 0 saturated carbocycles. The number of fused-ring (bicyclic) bond motifs is 1. The number of aromatic nitrogens is 1. The van der Waals surface area contributed by atoms with Crippen molar-refractivity contribution in [2.45, 2.75) is 13.3 Å². The van der Waals surface area contributed by atoms with Gasteiger partial charge in [-0.2, -0.15) is 0 Å². The molecule has 0 amide bonds. The fourth-order valence-electron chi connectivity index (χ4n) is 2.65. The van der Waals surface area contributed by atoms with Crippen LogP contribution in [0, 0.1) is 0 Å². The Labute approximate surface area is 148 Å². The van der Waals surface area contributed by atoms with Crippen LogP contribution >= 0.6 is 0 Å². The number of pyridine rings is 1. The molecule has 25 heavy (non-hydrogen) atoms. The molecule has 0 aliphatic rings. The number of nitrogens with zero attached hydrogens (tertiary/aromatic N) is 1. The topological polar surface area (TPSA) is 40.6 Å². The van der Waals surface area contributed by atoms with E-state index in [0.717, 1.165) is 28.8 Å². The van der Waals surface area contributed by atoms with Crippen LogP contribution in [0.4, 0.5) is 0 Å². The summed E-state index contributed by atoms with van der Waals surface area (Å²) in [6.45, 7) is 4.20. The van der Waals surface area contributed by atoms with Crippen LogP contribution in [0.5, 0.6) is 11.5 Å². The maximum Gasteiger partial charge on any atom is 0.145 e. The molecule has 3 rings (SSSR count). The molecular weight excluding hydrogens is 314 g/mol. The van der Waals surface area contributed by atoms with Gasteiger partial charge in [-0.25, -0.2) is 0 Å². The van der Waals surface area contributed by atoms with Crippen molar-refractivity contribution in [2.75, 3.05) is 26.4 Å². The smallest absolute Gasteiger partial charge is 0.145 e. The standard InChI is InChI=1S/C21H23NO3/c1-2-17-7-3-4-10-19(17)24-15-13-23-14-16-25-20-11-5-8-18-9-6-12-22-21(18)20/h3-12H,2,13-16H2,1H3. The average molecular weight is 337 g/mol. The van der Waals surface area contributed by atoms with Crippen LogP contribution in [-0.2, 0) is 11.2 Å². The lowest BCUT2D eigenvalue weighted by atomic mass is 10.1. The van der Waals surface area contributed by atoms with E-state index in [4.69, 9.17) is 14.2 Å². The van der Waals surface area contributed by atoms with Gasteiger partial charge in [-0.3, -0.25) is 4.98 Å². The predicted octanol–water partition coefficient (Wildman–Crippen LogP) is 4.27. The second-order valence-electron chi connectivity index (χ2n) is 5.60. The van der Waals surface area contributed by atoms with E-state index in [9.17, 15) is 0 Å². The second kappa shape index (κ2) is 9.04. The molecule has 130 valence electrons. The van der Waals surface area contributed by atoms with E-state index < -0.39 is 0 Å². The van der Waals surface area contributed by atoms with Crippen LogP contribution in [0.15, 0.2) is 60.8 Å². The molecule has 0 aliphatic carbocycles. The maximum absolute atomic E-state index is 5.79. The molecule has 2 aromatic carbocycles. The first-order valence-electron chi connectivity index (χ1n) is 8.63. The van der Waals surface area contributed by atoms with Gasteiger partial charge >= 0.3 is 0 Å².